The van der Waals surface area contributed by atoms with Crippen LogP contribution in [0.1, 0.15) is 10.4 Å². The van der Waals surface area contributed by atoms with E-state index in [-0.39, 0.29) is 5.91 Å². The van der Waals surface area contributed by atoms with Crippen molar-refractivity contribution in [1.82, 2.24) is 4.98 Å². The molecule has 0 aliphatic heterocycles. The minimum Gasteiger partial charge on any atom is -0.495 e. The lowest BCUT2D eigenvalue weighted by Crippen LogP contribution is -2.15. The van der Waals surface area contributed by atoms with Gasteiger partial charge in [-0.2, -0.15) is 0 Å². The van der Waals surface area contributed by atoms with Crippen molar-refractivity contribution in [3.8, 4) is 5.75 Å². The molecule has 2 aromatic rings. The summed E-state index contributed by atoms with van der Waals surface area (Å²) in [5.41, 5.74) is 6.52. The first-order valence-electron chi connectivity index (χ1n) is 5.37. The van der Waals surface area contributed by atoms with Gasteiger partial charge in [0.25, 0.3) is 5.91 Å². The van der Waals surface area contributed by atoms with E-state index in [1.807, 2.05) is 0 Å². The Morgan fingerprint density at radius 1 is 1.28 bits per heavy atom. The fourth-order valence-electron chi connectivity index (χ4n) is 1.54. The molecule has 0 atom stereocenters. The molecule has 0 saturated carbocycles. The van der Waals surface area contributed by atoms with Crippen LogP contribution in [0.5, 0.6) is 5.75 Å². The van der Waals surface area contributed by atoms with E-state index >= 15 is 0 Å². The number of pyridine rings is 1. The Morgan fingerprint density at radius 3 is 2.78 bits per heavy atom. The lowest BCUT2D eigenvalue weighted by atomic mass is 10.1. The van der Waals surface area contributed by atoms with Gasteiger partial charge in [0.1, 0.15) is 11.6 Å². The van der Waals surface area contributed by atoms with Crippen molar-refractivity contribution >= 4 is 17.4 Å². The van der Waals surface area contributed by atoms with E-state index in [0.717, 1.165) is 0 Å². The molecule has 92 valence electrons. The second kappa shape index (κ2) is 5.18. The molecular formula is C13H13N3O2. The maximum absolute atomic E-state index is 12.0. The second-order valence-electron chi connectivity index (χ2n) is 3.59. The number of nitrogens with one attached hydrogen (secondary N) is 1. The highest BCUT2D eigenvalue weighted by Gasteiger charge is 2.13. The standard InChI is InChI=1S/C13H13N3O2/c1-18-10-6-4-5-9(12(10)14)13(17)16-11-7-2-3-8-15-11/h2-8H,14H2,1H3,(H,15,16,17). The summed E-state index contributed by atoms with van der Waals surface area (Å²) in [4.78, 5) is 16.0. The number of methoxy groups -OCH3 is 1. The SMILES string of the molecule is COc1cccc(C(=O)Nc2ccccn2)c1N. The highest BCUT2D eigenvalue weighted by Crippen LogP contribution is 2.25. The van der Waals surface area contributed by atoms with Gasteiger partial charge in [-0.1, -0.05) is 12.1 Å². The van der Waals surface area contributed by atoms with Crippen LogP contribution in [-0.4, -0.2) is 18.0 Å². The van der Waals surface area contributed by atoms with Crippen molar-refractivity contribution in [2.75, 3.05) is 18.2 Å². The zero-order valence-corrected chi connectivity index (χ0v) is 9.88. The fraction of sp³-hybridized carbons (Fsp3) is 0.0769. The minimum atomic E-state index is -0.315. The number of aromatic nitrogens is 1. The number of nitrogens with zero attached hydrogens (tertiary/aromatic N) is 1. The summed E-state index contributed by atoms with van der Waals surface area (Å²) in [6.07, 6.45) is 1.60. The van der Waals surface area contributed by atoms with Gasteiger partial charge in [0.15, 0.2) is 0 Å². The van der Waals surface area contributed by atoms with Crippen molar-refractivity contribution in [2.45, 2.75) is 0 Å². The molecule has 1 amide bonds. The number of ether oxygens (including phenoxy) is 1. The number of carbonyl (C=O) groups is 1. The van der Waals surface area contributed by atoms with Gasteiger partial charge < -0.3 is 15.8 Å². The summed E-state index contributed by atoms with van der Waals surface area (Å²) < 4.78 is 5.07. The van der Waals surface area contributed by atoms with E-state index in [0.29, 0.717) is 22.8 Å². The molecule has 0 unspecified atom stereocenters. The first-order chi connectivity index (χ1) is 8.72. The van der Waals surface area contributed by atoms with Gasteiger partial charge in [-0.25, -0.2) is 4.98 Å². The van der Waals surface area contributed by atoms with Gasteiger partial charge in [0.2, 0.25) is 0 Å². The second-order valence-corrected chi connectivity index (χ2v) is 3.59. The maximum atomic E-state index is 12.0. The highest BCUT2D eigenvalue weighted by atomic mass is 16.5. The predicted molar refractivity (Wildman–Crippen MR) is 69.6 cm³/mol. The molecule has 0 aliphatic rings. The first-order valence-corrected chi connectivity index (χ1v) is 5.37. The van der Waals surface area contributed by atoms with Crippen LogP contribution >= 0.6 is 0 Å². The third kappa shape index (κ3) is 2.40. The van der Waals surface area contributed by atoms with Crippen LogP contribution in [0.2, 0.25) is 0 Å². The number of rotatable bonds is 3. The number of hydrogen-bond donors (Lipinski definition) is 2. The third-order valence-corrected chi connectivity index (χ3v) is 2.44. The van der Waals surface area contributed by atoms with Crippen molar-refractivity contribution in [2.24, 2.45) is 0 Å². The van der Waals surface area contributed by atoms with Crippen molar-refractivity contribution in [3.63, 3.8) is 0 Å². The Kier molecular flexibility index (Phi) is 3.43. The normalized spacial score (nSPS) is 9.83. The van der Waals surface area contributed by atoms with E-state index < -0.39 is 0 Å². The summed E-state index contributed by atoms with van der Waals surface area (Å²) >= 11 is 0. The smallest absolute Gasteiger partial charge is 0.259 e. The van der Waals surface area contributed by atoms with Crippen LogP contribution in [0, 0.1) is 0 Å². The average Bonchev–Trinajstić information content (AvgIpc) is 2.40. The molecule has 1 aromatic carbocycles. The summed E-state index contributed by atoms with van der Waals surface area (Å²) in [6.45, 7) is 0. The molecule has 3 N–H and O–H groups in total. The zero-order chi connectivity index (χ0) is 13.0. The van der Waals surface area contributed by atoms with E-state index in [1.54, 1.807) is 42.6 Å². The quantitative estimate of drug-likeness (QED) is 0.807. The molecule has 5 nitrogen and oxygen atoms in total. The summed E-state index contributed by atoms with van der Waals surface area (Å²) in [5.74, 6) is 0.637. The summed E-state index contributed by atoms with van der Waals surface area (Å²) in [7, 11) is 1.51. The van der Waals surface area contributed by atoms with Gasteiger partial charge in [-0.3, -0.25) is 4.79 Å². The number of para-hydroxylation sites is 1. The Balaban J connectivity index is 2.24. The molecule has 0 fully saturated rings. The topological polar surface area (TPSA) is 77.2 Å². The molecule has 0 bridgehead atoms. The van der Waals surface area contributed by atoms with Crippen LogP contribution in [0.15, 0.2) is 42.6 Å². The largest absolute Gasteiger partial charge is 0.495 e. The molecule has 1 aromatic heterocycles. The third-order valence-electron chi connectivity index (χ3n) is 2.44. The number of carbonyl (C=O) groups excluding carboxylic acids is 1. The number of amides is 1. The van der Waals surface area contributed by atoms with Crippen LogP contribution in [0.4, 0.5) is 11.5 Å². The van der Waals surface area contributed by atoms with Gasteiger partial charge in [0, 0.05) is 6.20 Å². The molecule has 2 rings (SSSR count). The zero-order valence-electron chi connectivity index (χ0n) is 9.88. The van der Waals surface area contributed by atoms with E-state index in [1.165, 1.54) is 7.11 Å². The molecule has 0 saturated heterocycles. The lowest BCUT2D eigenvalue weighted by molar-refractivity contribution is 0.102. The predicted octanol–water partition coefficient (Wildman–Crippen LogP) is 1.92. The van der Waals surface area contributed by atoms with Gasteiger partial charge in [-0.05, 0) is 24.3 Å². The Morgan fingerprint density at radius 2 is 2.11 bits per heavy atom. The first kappa shape index (κ1) is 11.9. The molecule has 0 aliphatic carbocycles. The van der Waals surface area contributed by atoms with Gasteiger partial charge in [0.05, 0.1) is 18.4 Å². The monoisotopic (exact) mass is 243 g/mol. The van der Waals surface area contributed by atoms with Crippen LogP contribution < -0.4 is 15.8 Å². The summed E-state index contributed by atoms with van der Waals surface area (Å²) in [6, 6.07) is 10.3. The lowest BCUT2D eigenvalue weighted by Gasteiger charge is -2.09. The summed E-state index contributed by atoms with van der Waals surface area (Å²) in [5, 5.41) is 2.66. The average molecular weight is 243 g/mol. The van der Waals surface area contributed by atoms with Crippen LogP contribution in [-0.2, 0) is 0 Å². The van der Waals surface area contributed by atoms with Crippen molar-refractivity contribution in [3.05, 3.63) is 48.2 Å². The number of benzene rings is 1. The van der Waals surface area contributed by atoms with Gasteiger partial charge in [-0.15, -0.1) is 0 Å². The van der Waals surface area contributed by atoms with E-state index in [4.69, 9.17) is 10.5 Å². The van der Waals surface area contributed by atoms with Crippen molar-refractivity contribution < 1.29 is 9.53 Å². The van der Waals surface area contributed by atoms with Gasteiger partial charge >= 0.3 is 0 Å². The van der Waals surface area contributed by atoms with E-state index in [9.17, 15) is 4.79 Å². The molecule has 18 heavy (non-hydrogen) atoms. The van der Waals surface area contributed by atoms with Crippen LogP contribution in [0.25, 0.3) is 0 Å². The fourth-order valence-corrected chi connectivity index (χ4v) is 1.54. The van der Waals surface area contributed by atoms with Crippen molar-refractivity contribution in [1.29, 1.82) is 0 Å². The molecule has 1 heterocycles. The number of hydrogen-bond acceptors (Lipinski definition) is 4. The Bertz CT molecular complexity index is 555. The Labute approximate surface area is 105 Å². The maximum Gasteiger partial charge on any atom is 0.259 e. The number of nitrogens with two attached hydrogens (primary N) is 1. The molecule has 5 heteroatoms. The van der Waals surface area contributed by atoms with Crippen LogP contribution in [0.3, 0.4) is 0 Å². The molecular weight excluding hydrogens is 230 g/mol. The number of nitrogen functional groups attached to an aromatic ring is 1. The Hall–Kier alpha value is -2.56. The number of anilines is 2. The minimum absolute atomic E-state index is 0.313. The van der Waals surface area contributed by atoms with E-state index in [2.05, 4.69) is 10.3 Å². The highest BCUT2D eigenvalue weighted by molar-refractivity contribution is 6.08. The molecule has 0 spiro atoms. The molecule has 0 radical (unpaired) electrons.